The Labute approximate surface area is 125 Å². The molecule has 0 aromatic carbocycles. The molecule has 8 heteroatoms. The number of hydrogen-bond acceptors (Lipinski definition) is 4. The van der Waals surface area contributed by atoms with Crippen molar-refractivity contribution in [3.05, 3.63) is 18.0 Å². The highest BCUT2D eigenvalue weighted by atomic mass is 32.2. The van der Waals surface area contributed by atoms with Crippen molar-refractivity contribution in [3.8, 4) is 0 Å². The van der Waals surface area contributed by atoms with Crippen LogP contribution in [0.15, 0.2) is 12.3 Å². The summed E-state index contributed by atoms with van der Waals surface area (Å²) in [7, 11) is -1.41. The lowest BCUT2D eigenvalue weighted by Gasteiger charge is -2.34. The van der Waals surface area contributed by atoms with Crippen LogP contribution in [0.25, 0.3) is 0 Å². The van der Waals surface area contributed by atoms with Crippen molar-refractivity contribution >= 4 is 21.6 Å². The van der Waals surface area contributed by atoms with E-state index < -0.39 is 10.0 Å². The molecule has 118 valence electrons. The number of piperazine rings is 1. The lowest BCUT2D eigenvalue weighted by atomic mass is 10.3. The first kappa shape index (κ1) is 15.8. The Morgan fingerprint density at radius 2 is 1.90 bits per heavy atom. The van der Waals surface area contributed by atoms with Crippen LogP contribution in [0.5, 0.6) is 0 Å². The summed E-state index contributed by atoms with van der Waals surface area (Å²) in [5, 5.41) is 0. The van der Waals surface area contributed by atoms with Gasteiger partial charge in [0.1, 0.15) is 5.69 Å². The molecule has 2 rings (SSSR count). The van der Waals surface area contributed by atoms with Crippen molar-refractivity contribution in [2.24, 2.45) is 7.05 Å². The van der Waals surface area contributed by atoms with Crippen LogP contribution in [0.1, 0.15) is 23.8 Å². The quantitative estimate of drug-likeness (QED) is 0.854. The summed E-state index contributed by atoms with van der Waals surface area (Å²) in [6, 6.07) is 1.64. The minimum atomic E-state index is -3.18. The largest absolute Gasteiger partial charge is 0.397 e. The number of aromatic nitrogens is 1. The van der Waals surface area contributed by atoms with E-state index in [0.29, 0.717) is 44.0 Å². The van der Waals surface area contributed by atoms with Gasteiger partial charge in [0.15, 0.2) is 0 Å². The van der Waals surface area contributed by atoms with E-state index in [0.717, 1.165) is 0 Å². The number of amides is 1. The molecule has 0 saturated carbocycles. The molecule has 2 heterocycles. The fraction of sp³-hybridized carbons (Fsp3) is 0.615. The van der Waals surface area contributed by atoms with E-state index in [9.17, 15) is 13.2 Å². The van der Waals surface area contributed by atoms with Crippen LogP contribution in [0.2, 0.25) is 0 Å². The van der Waals surface area contributed by atoms with Gasteiger partial charge in [-0.3, -0.25) is 4.79 Å². The van der Waals surface area contributed by atoms with Crippen LogP contribution in [0.4, 0.5) is 5.69 Å². The van der Waals surface area contributed by atoms with Crippen LogP contribution < -0.4 is 5.73 Å². The summed E-state index contributed by atoms with van der Waals surface area (Å²) in [4.78, 5) is 14.1. The van der Waals surface area contributed by atoms with Gasteiger partial charge in [0.25, 0.3) is 5.91 Å². The van der Waals surface area contributed by atoms with E-state index in [2.05, 4.69) is 0 Å². The van der Waals surface area contributed by atoms with Gasteiger partial charge in [-0.25, -0.2) is 8.42 Å². The van der Waals surface area contributed by atoms with Crippen molar-refractivity contribution in [2.45, 2.75) is 13.3 Å². The minimum absolute atomic E-state index is 0.110. The van der Waals surface area contributed by atoms with Gasteiger partial charge in [0.05, 0.1) is 11.4 Å². The molecule has 2 N–H and O–H groups in total. The highest BCUT2D eigenvalue weighted by molar-refractivity contribution is 7.89. The normalized spacial score (nSPS) is 17.1. The number of sulfonamides is 1. The number of nitrogens with two attached hydrogens (primary N) is 1. The van der Waals surface area contributed by atoms with Gasteiger partial charge in [-0.1, -0.05) is 6.92 Å². The van der Waals surface area contributed by atoms with E-state index in [4.69, 9.17) is 5.73 Å². The molecule has 0 radical (unpaired) electrons. The Kier molecular flexibility index (Phi) is 4.58. The first-order valence-electron chi connectivity index (χ1n) is 7.04. The smallest absolute Gasteiger partial charge is 0.270 e. The minimum Gasteiger partial charge on any atom is -0.397 e. The van der Waals surface area contributed by atoms with E-state index in [1.165, 1.54) is 4.31 Å². The fourth-order valence-electron chi connectivity index (χ4n) is 2.52. The van der Waals surface area contributed by atoms with Crippen LogP contribution in [0, 0.1) is 0 Å². The molecule has 1 aromatic heterocycles. The maximum Gasteiger partial charge on any atom is 0.270 e. The van der Waals surface area contributed by atoms with E-state index in [-0.39, 0.29) is 11.7 Å². The van der Waals surface area contributed by atoms with Crippen LogP contribution >= 0.6 is 0 Å². The maximum absolute atomic E-state index is 12.4. The number of carbonyl (C=O) groups is 1. The molecule has 0 aliphatic carbocycles. The zero-order valence-electron chi connectivity index (χ0n) is 12.4. The monoisotopic (exact) mass is 314 g/mol. The van der Waals surface area contributed by atoms with Crippen LogP contribution in [0.3, 0.4) is 0 Å². The Balaban J connectivity index is 2.01. The van der Waals surface area contributed by atoms with Gasteiger partial charge in [-0.2, -0.15) is 4.31 Å². The van der Waals surface area contributed by atoms with Gasteiger partial charge < -0.3 is 15.2 Å². The van der Waals surface area contributed by atoms with E-state index >= 15 is 0 Å². The molecule has 0 unspecified atom stereocenters. The first-order valence-corrected chi connectivity index (χ1v) is 8.65. The third-order valence-electron chi connectivity index (χ3n) is 3.63. The molecule has 1 fully saturated rings. The number of carbonyl (C=O) groups excluding carboxylic acids is 1. The maximum atomic E-state index is 12.4. The van der Waals surface area contributed by atoms with Crippen molar-refractivity contribution in [2.75, 3.05) is 37.7 Å². The van der Waals surface area contributed by atoms with E-state index in [1.807, 2.05) is 6.92 Å². The second-order valence-corrected chi connectivity index (χ2v) is 7.37. The second kappa shape index (κ2) is 6.07. The molecule has 1 aliphatic heterocycles. The number of anilines is 1. The number of rotatable bonds is 4. The summed E-state index contributed by atoms with van der Waals surface area (Å²) in [5.41, 5.74) is 6.75. The van der Waals surface area contributed by atoms with Gasteiger partial charge in [0, 0.05) is 39.4 Å². The van der Waals surface area contributed by atoms with Crippen molar-refractivity contribution < 1.29 is 13.2 Å². The predicted molar refractivity (Wildman–Crippen MR) is 81.4 cm³/mol. The highest BCUT2D eigenvalue weighted by Crippen LogP contribution is 2.15. The summed E-state index contributed by atoms with van der Waals surface area (Å²) in [6.07, 6.45) is 2.29. The number of aryl methyl sites for hydroxylation is 1. The number of nitrogens with zero attached hydrogens (tertiary/aromatic N) is 3. The summed E-state index contributed by atoms with van der Waals surface area (Å²) in [6.45, 7) is 3.37. The summed E-state index contributed by atoms with van der Waals surface area (Å²) >= 11 is 0. The first-order chi connectivity index (χ1) is 9.85. The van der Waals surface area contributed by atoms with Gasteiger partial charge >= 0.3 is 0 Å². The molecule has 0 spiro atoms. The molecule has 1 amide bonds. The Bertz CT molecular complexity index is 615. The average molecular weight is 314 g/mol. The van der Waals surface area contributed by atoms with E-state index in [1.54, 1.807) is 28.8 Å². The number of hydrogen-bond donors (Lipinski definition) is 1. The molecule has 1 aliphatic rings. The zero-order valence-corrected chi connectivity index (χ0v) is 13.3. The summed E-state index contributed by atoms with van der Waals surface area (Å²) < 4.78 is 27.1. The Morgan fingerprint density at radius 3 is 2.38 bits per heavy atom. The molecular weight excluding hydrogens is 292 g/mol. The molecule has 21 heavy (non-hydrogen) atoms. The predicted octanol–water partition coefficient (Wildman–Crippen LogP) is 0.105. The second-order valence-electron chi connectivity index (χ2n) is 5.28. The molecule has 1 aromatic rings. The Hall–Kier alpha value is -1.54. The third kappa shape index (κ3) is 3.38. The number of nitrogen functional groups attached to an aromatic ring is 1. The highest BCUT2D eigenvalue weighted by Gasteiger charge is 2.29. The Morgan fingerprint density at radius 1 is 1.29 bits per heavy atom. The third-order valence-corrected chi connectivity index (χ3v) is 5.70. The molecule has 0 bridgehead atoms. The molecular formula is C13H22N4O3S. The lowest BCUT2D eigenvalue weighted by molar-refractivity contribution is 0.0688. The fourth-order valence-corrected chi connectivity index (χ4v) is 4.01. The lowest BCUT2D eigenvalue weighted by Crippen LogP contribution is -2.51. The molecule has 0 atom stereocenters. The van der Waals surface area contributed by atoms with Gasteiger partial charge in [-0.05, 0) is 12.5 Å². The van der Waals surface area contributed by atoms with Crippen LogP contribution in [-0.4, -0.2) is 60.0 Å². The van der Waals surface area contributed by atoms with Crippen molar-refractivity contribution in [1.82, 2.24) is 13.8 Å². The molecule has 7 nitrogen and oxygen atoms in total. The summed E-state index contributed by atoms with van der Waals surface area (Å²) in [5.74, 6) is 0.0525. The van der Waals surface area contributed by atoms with Crippen molar-refractivity contribution in [3.63, 3.8) is 0 Å². The zero-order chi connectivity index (χ0) is 15.6. The van der Waals surface area contributed by atoms with Gasteiger partial charge in [-0.15, -0.1) is 0 Å². The SMILES string of the molecule is CCCS(=O)(=O)N1CCN(C(=O)c2cc(N)cn2C)CC1. The molecule has 1 saturated heterocycles. The van der Waals surface area contributed by atoms with Crippen LogP contribution in [-0.2, 0) is 17.1 Å². The average Bonchev–Trinajstić information content (AvgIpc) is 2.77. The standard InChI is InChI=1S/C13H22N4O3S/c1-3-8-21(19,20)17-6-4-16(5-7-17)13(18)12-9-11(14)10-15(12)2/h9-10H,3-8,14H2,1-2H3. The topological polar surface area (TPSA) is 88.6 Å². The van der Waals surface area contributed by atoms with Gasteiger partial charge in [0.2, 0.25) is 10.0 Å². The van der Waals surface area contributed by atoms with Crippen molar-refractivity contribution in [1.29, 1.82) is 0 Å².